The summed E-state index contributed by atoms with van der Waals surface area (Å²) in [5.41, 5.74) is 4.79. The van der Waals surface area contributed by atoms with Gasteiger partial charge in [0.05, 0.1) is 79.3 Å². The van der Waals surface area contributed by atoms with E-state index in [-0.39, 0.29) is 18.6 Å². The molecule has 0 saturated carbocycles. The second-order valence-corrected chi connectivity index (χ2v) is 9.09. The summed E-state index contributed by atoms with van der Waals surface area (Å²) < 4.78 is 49.6. The van der Waals surface area contributed by atoms with Gasteiger partial charge >= 0.3 is 6.09 Å². The lowest BCUT2D eigenvalue weighted by Gasteiger charge is -2.19. The van der Waals surface area contributed by atoms with Crippen LogP contribution in [0.1, 0.15) is 17.0 Å². The number of carbonyl (C=O) groups is 1. The first-order chi connectivity index (χ1) is 19.7. The quantitative estimate of drug-likeness (QED) is 0.199. The molecule has 0 heterocycles. The zero-order chi connectivity index (χ0) is 28.3. The van der Waals surface area contributed by atoms with E-state index in [0.717, 1.165) is 0 Å². The SMILES string of the molecule is CN(CCOCCOCCOCCOCCOCCOCCF)C(=O)OCC1c2ccccc2-c2ccccc21. The van der Waals surface area contributed by atoms with Gasteiger partial charge in [-0.15, -0.1) is 0 Å². The fraction of sp³-hybridized carbons (Fsp3) is 0.567. The van der Waals surface area contributed by atoms with Crippen molar-refractivity contribution in [3.05, 3.63) is 59.7 Å². The van der Waals surface area contributed by atoms with Crippen molar-refractivity contribution in [2.75, 3.05) is 106 Å². The number of ether oxygens (including phenoxy) is 7. The van der Waals surface area contributed by atoms with Crippen LogP contribution in [0.3, 0.4) is 0 Å². The van der Waals surface area contributed by atoms with Crippen LogP contribution in [-0.4, -0.2) is 117 Å². The minimum absolute atomic E-state index is 0.0421. The smallest absolute Gasteiger partial charge is 0.409 e. The van der Waals surface area contributed by atoms with Gasteiger partial charge in [0.15, 0.2) is 0 Å². The standard InChI is InChI=1S/C30H42FNO8/c1-32(30(33)40-24-29-27-8-4-2-6-25(27)26-7-3-5-9-28(26)29)11-13-35-15-17-37-19-21-39-23-22-38-20-18-36-16-14-34-12-10-31/h2-9,29H,10-24H2,1H3. The normalized spacial score (nSPS) is 12.3. The molecule has 0 fully saturated rings. The van der Waals surface area contributed by atoms with Crippen molar-refractivity contribution < 1.29 is 42.3 Å². The topological polar surface area (TPSA) is 84.9 Å². The molecule has 0 spiro atoms. The van der Waals surface area contributed by atoms with E-state index in [1.54, 1.807) is 7.05 Å². The van der Waals surface area contributed by atoms with Crippen LogP contribution < -0.4 is 0 Å². The average molecular weight is 564 g/mol. The number of carbonyl (C=O) groups excluding carboxylic acids is 1. The predicted octanol–water partition coefficient (Wildman–Crippen LogP) is 3.94. The number of halogens is 1. The van der Waals surface area contributed by atoms with E-state index in [1.807, 2.05) is 24.3 Å². The Labute approximate surface area is 236 Å². The van der Waals surface area contributed by atoms with Gasteiger partial charge in [-0.25, -0.2) is 9.18 Å². The number of rotatable bonds is 22. The van der Waals surface area contributed by atoms with E-state index in [2.05, 4.69) is 24.3 Å². The van der Waals surface area contributed by atoms with Gasteiger partial charge in [0.2, 0.25) is 0 Å². The number of likely N-dealkylation sites (N-methyl/N-ethyl adjacent to an activating group) is 1. The molecule has 0 radical (unpaired) electrons. The van der Waals surface area contributed by atoms with Gasteiger partial charge in [0.25, 0.3) is 0 Å². The van der Waals surface area contributed by atoms with Crippen LogP contribution in [0, 0.1) is 0 Å². The summed E-state index contributed by atoms with van der Waals surface area (Å²) in [6, 6.07) is 16.6. The van der Waals surface area contributed by atoms with Crippen molar-refractivity contribution in [3.8, 4) is 11.1 Å². The highest BCUT2D eigenvalue weighted by Crippen LogP contribution is 2.44. The molecule has 222 valence electrons. The molecule has 40 heavy (non-hydrogen) atoms. The lowest BCUT2D eigenvalue weighted by atomic mass is 9.98. The minimum atomic E-state index is -0.479. The molecular weight excluding hydrogens is 521 g/mol. The van der Waals surface area contributed by atoms with Crippen molar-refractivity contribution >= 4 is 6.09 Å². The molecule has 10 heteroatoms. The van der Waals surface area contributed by atoms with E-state index in [9.17, 15) is 9.18 Å². The Morgan fingerprint density at radius 2 is 1.05 bits per heavy atom. The van der Waals surface area contributed by atoms with E-state index in [0.29, 0.717) is 85.8 Å². The third-order valence-electron chi connectivity index (χ3n) is 6.30. The van der Waals surface area contributed by atoms with E-state index in [4.69, 9.17) is 33.2 Å². The van der Waals surface area contributed by atoms with Crippen molar-refractivity contribution in [2.45, 2.75) is 5.92 Å². The van der Waals surface area contributed by atoms with Crippen LogP contribution in [0.15, 0.2) is 48.5 Å². The van der Waals surface area contributed by atoms with Crippen molar-refractivity contribution in [2.24, 2.45) is 0 Å². The van der Waals surface area contributed by atoms with Gasteiger partial charge in [-0.3, -0.25) is 0 Å². The molecule has 1 aliphatic rings. The fourth-order valence-electron chi connectivity index (χ4n) is 4.25. The van der Waals surface area contributed by atoms with E-state index >= 15 is 0 Å². The molecule has 2 aromatic carbocycles. The van der Waals surface area contributed by atoms with Gasteiger partial charge in [0.1, 0.15) is 13.3 Å². The van der Waals surface area contributed by atoms with E-state index < -0.39 is 6.67 Å². The first kappa shape index (κ1) is 31.9. The number of benzene rings is 2. The largest absolute Gasteiger partial charge is 0.448 e. The third-order valence-corrected chi connectivity index (χ3v) is 6.30. The molecule has 0 N–H and O–H groups in total. The molecule has 0 bridgehead atoms. The van der Waals surface area contributed by atoms with E-state index in [1.165, 1.54) is 27.2 Å². The predicted molar refractivity (Wildman–Crippen MR) is 149 cm³/mol. The molecule has 0 atom stereocenters. The Hall–Kier alpha value is -2.60. The molecular formula is C30H42FNO8. The molecule has 1 aliphatic carbocycles. The molecule has 0 aliphatic heterocycles. The highest BCUT2D eigenvalue weighted by Gasteiger charge is 2.29. The first-order valence-corrected chi connectivity index (χ1v) is 13.8. The molecule has 0 aromatic heterocycles. The molecule has 9 nitrogen and oxygen atoms in total. The Bertz CT molecular complexity index is 933. The zero-order valence-corrected chi connectivity index (χ0v) is 23.4. The van der Waals surface area contributed by atoms with Crippen LogP contribution in [-0.2, 0) is 33.2 Å². The van der Waals surface area contributed by atoms with Crippen LogP contribution in [0.5, 0.6) is 0 Å². The highest BCUT2D eigenvalue weighted by atomic mass is 19.1. The van der Waals surface area contributed by atoms with Gasteiger partial charge < -0.3 is 38.1 Å². The summed E-state index contributed by atoms with van der Waals surface area (Å²) >= 11 is 0. The summed E-state index contributed by atoms with van der Waals surface area (Å²) in [4.78, 5) is 14.1. The van der Waals surface area contributed by atoms with Crippen molar-refractivity contribution in [1.82, 2.24) is 4.90 Å². The van der Waals surface area contributed by atoms with Gasteiger partial charge in [0, 0.05) is 19.5 Å². The zero-order valence-electron chi connectivity index (χ0n) is 23.4. The number of hydrogen-bond acceptors (Lipinski definition) is 8. The summed E-state index contributed by atoms with van der Waals surface area (Å²) in [5.74, 6) is 0.0421. The van der Waals surface area contributed by atoms with Crippen LogP contribution in [0.2, 0.25) is 0 Å². The Balaban J connectivity index is 1.12. The van der Waals surface area contributed by atoms with Crippen molar-refractivity contribution in [3.63, 3.8) is 0 Å². The molecule has 0 saturated heterocycles. The molecule has 3 rings (SSSR count). The average Bonchev–Trinajstić information content (AvgIpc) is 3.30. The van der Waals surface area contributed by atoms with Gasteiger partial charge in [-0.05, 0) is 22.3 Å². The minimum Gasteiger partial charge on any atom is -0.448 e. The maximum atomic E-state index is 12.5. The lowest BCUT2D eigenvalue weighted by molar-refractivity contribution is -0.0177. The first-order valence-electron chi connectivity index (χ1n) is 13.8. The Kier molecular flexibility index (Phi) is 15.5. The second-order valence-electron chi connectivity index (χ2n) is 9.09. The molecule has 2 aromatic rings. The summed E-state index contributed by atoms with van der Waals surface area (Å²) in [7, 11) is 1.71. The summed E-state index contributed by atoms with van der Waals surface area (Å²) in [6.07, 6.45) is -0.366. The number of alkyl halides is 1. The maximum Gasteiger partial charge on any atom is 0.409 e. The van der Waals surface area contributed by atoms with Crippen LogP contribution in [0.25, 0.3) is 11.1 Å². The fourth-order valence-corrected chi connectivity index (χ4v) is 4.25. The number of hydrogen-bond donors (Lipinski definition) is 0. The monoisotopic (exact) mass is 563 g/mol. The second kappa shape index (κ2) is 19.5. The number of fused-ring (bicyclic) bond motifs is 3. The highest BCUT2D eigenvalue weighted by molar-refractivity contribution is 5.79. The third kappa shape index (κ3) is 11.1. The summed E-state index contributed by atoms with van der Waals surface area (Å²) in [6.45, 7) is 5.25. The Morgan fingerprint density at radius 1 is 0.650 bits per heavy atom. The lowest BCUT2D eigenvalue weighted by Crippen LogP contribution is -2.32. The van der Waals surface area contributed by atoms with Crippen molar-refractivity contribution in [1.29, 1.82) is 0 Å². The van der Waals surface area contributed by atoms with Crippen LogP contribution >= 0.6 is 0 Å². The summed E-state index contributed by atoms with van der Waals surface area (Å²) in [5, 5.41) is 0. The number of amides is 1. The van der Waals surface area contributed by atoms with Gasteiger partial charge in [-0.2, -0.15) is 0 Å². The number of nitrogens with zero attached hydrogens (tertiary/aromatic N) is 1. The van der Waals surface area contributed by atoms with Gasteiger partial charge in [-0.1, -0.05) is 48.5 Å². The molecule has 0 unspecified atom stereocenters. The Morgan fingerprint density at radius 3 is 1.50 bits per heavy atom. The molecule has 1 amide bonds. The van der Waals surface area contributed by atoms with Crippen LogP contribution in [0.4, 0.5) is 9.18 Å². The maximum absolute atomic E-state index is 12.5.